The lowest BCUT2D eigenvalue weighted by atomic mass is 9.96. The Hall–Kier alpha value is -1.81. The monoisotopic (exact) mass is 325 g/mol. The summed E-state index contributed by atoms with van der Waals surface area (Å²) in [6.45, 7) is 4.39. The lowest BCUT2D eigenvalue weighted by Gasteiger charge is -2.33. The van der Waals surface area contributed by atoms with Crippen LogP contribution in [0.15, 0.2) is 36.7 Å². The van der Waals surface area contributed by atoms with Crippen LogP contribution in [0, 0.1) is 5.92 Å². The predicted molar refractivity (Wildman–Crippen MR) is 95.2 cm³/mol. The Morgan fingerprint density at radius 2 is 2.08 bits per heavy atom. The molecule has 1 saturated heterocycles. The molecule has 1 aliphatic carbocycles. The Morgan fingerprint density at radius 1 is 1.21 bits per heavy atom. The zero-order valence-corrected chi connectivity index (χ0v) is 14.5. The molecule has 1 unspecified atom stereocenters. The van der Waals surface area contributed by atoms with Crippen molar-refractivity contribution in [1.29, 1.82) is 0 Å². The van der Waals surface area contributed by atoms with Gasteiger partial charge in [0, 0.05) is 43.5 Å². The number of imidazole rings is 1. The molecule has 0 amide bonds. The molecule has 4 heteroatoms. The molecule has 0 radical (unpaired) electrons. The second-order valence-corrected chi connectivity index (χ2v) is 7.27. The van der Waals surface area contributed by atoms with Gasteiger partial charge in [-0.05, 0) is 44.2 Å². The highest BCUT2D eigenvalue weighted by Crippen LogP contribution is 2.33. The summed E-state index contributed by atoms with van der Waals surface area (Å²) in [7, 11) is 1.76. The molecule has 1 atom stereocenters. The van der Waals surface area contributed by atoms with Crippen LogP contribution in [-0.4, -0.2) is 34.7 Å². The van der Waals surface area contributed by atoms with E-state index in [2.05, 4.69) is 33.9 Å². The van der Waals surface area contributed by atoms with Gasteiger partial charge in [-0.3, -0.25) is 4.90 Å². The van der Waals surface area contributed by atoms with Crippen molar-refractivity contribution >= 4 is 0 Å². The summed E-state index contributed by atoms with van der Waals surface area (Å²) in [6.07, 6.45) is 9.44. The van der Waals surface area contributed by atoms with E-state index < -0.39 is 0 Å². The standard InChI is InChI=1S/C20H27N3O/c1-24-19-7-3-2-5-17(19)14-22-11-4-6-18(15-22)20-21-10-12-23(20)13-16-8-9-16/h2-3,5,7,10,12,16,18H,4,6,8-9,11,13-15H2,1H3. The van der Waals surface area contributed by atoms with Crippen LogP contribution in [-0.2, 0) is 13.1 Å². The molecule has 2 aromatic rings. The number of para-hydroxylation sites is 1. The predicted octanol–water partition coefficient (Wildman–Crippen LogP) is 3.68. The lowest BCUT2D eigenvalue weighted by Crippen LogP contribution is -2.35. The first-order valence-corrected chi connectivity index (χ1v) is 9.19. The molecule has 4 rings (SSSR count). The number of benzene rings is 1. The molecule has 24 heavy (non-hydrogen) atoms. The van der Waals surface area contributed by atoms with E-state index in [0.29, 0.717) is 5.92 Å². The van der Waals surface area contributed by atoms with Crippen LogP contribution in [0.3, 0.4) is 0 Å². The Bertz CT molecular complexity index is 677. The summed E-state index contributed by atoms with van der Waals surface area (Å²) in [5.41, 5.74) is 1.28. The fourth-order valence-corrected chi connectivity index (χ4v) is 3.90. The van der Waals surface area contributed by atoms with E-state index in [-0.39, 0.29) is 0 Å². The molecule has 0 bridgehead atoms. The number of ether oxygens (including phenoxy) is 1. The third-order valence-electron chi connectivity index (χ3n) is 5.36. The minimum atomic E-state index is 0.558. The molecule has 2 heterocycles. The molecule has 1 aromatic heterocycles. The van der Waals surface area contributed by atoms with E-state index in [1.165, 1.54) is 43.6 Å². The average Bonchev–Trinajstić information content (AvgIpc) is 3.31. The summed E-state index contributed by atoms with van der Waals surface area (Å²) >= 11 is 0. The van der Waals surface area contributed by atoms with Crippen molar-refractivity contribution in [2.24, 2.45) is 5.92 Å². The first-order valence-electron chi connectivity index (χ1n) is 9.19. The van der Waals surface area contributed by atoms with Gasteiger partial charge < -0.3 is 9.30 Å². The Labute approximate surface area is 144 Å². The number of rotatable bonds is 6. The van der Waals surface area contributed by atoms with Crippen LogP contribution in [0.1, 0.15) is 43.0 Å². The summed E-state index contributed by atoms with van der Waals surface area (Å²) < 4.78 is 7.92. The van der Waals surface area contributed by atoms with E-state index in [9.17, 15) is 0 Å². The fourth-order valence-electron chi connectivity index (χ4n) is 3.90. The van der Waals surface area contributed by atoms with Crippen LogP contribution >= 0.6 is 0 Å². The third-order valence-corrected chi connectivity index (χ3v) is 5.36. The van der Waals surface area contributed by atoms with E-state index in [1.807, 2.05) is 12.3 Å². The molecule has 0 spiro atoms. The van der Waals surface area contributed by atoms with Crippen LogP contribution in [0.2, 0.25) is 0 Å². The smallest absolute Gasteiger partial charge is 0.123 e. The Balaban J connectivity index is 1.45. The van der Waals surface area contributed by atoms with Crippen molar-refractivity contribution in [3.05, 3.63) is 48.0 Å². The van der Waals surface area contributed by atoms with Gasteiger partial charge in [0.2, 0.25) is 0 Å². The minimum Gasteiger partial charge on any atom is -0.496 e. The maximum Gasteiger partial charge on any atom is 0.123 e. The second kappa shape index (κ2) is 6.98. The third kappa shape index (κ3) is 3.48. The molecule has 1 aromatic carbocycles. The normalized spacial score (nSPS) is 21.8. The zero-order chi connectivity index (χ0) is 16.4. The number of nitrogens with zero attached hydrogens (tertiary/aromatic N) is 3. The number of aromatic nitrogens is 2. The molecule has 1 saturated carbocycles. The molecule has 4 nitrogen and oxygen atoms in total. The second-order valence-electron chi connectivity index (χ2n) is 7.27. The first kappa shape index (κ1) is 15.7. The van der Waals surface area contributed by atoms with Crippen LogP contribution in [0.25, 0.3) is 0 Å². The minimum absolute atomic E-state index is 0.558. The summed E-state index contributed by atoms with van der Waals surface area (Å²) in [4.78, 5) is 7.27. The van der Waals surface area contributed by atoms with Crippen molar-refractivity contribution in [3.63, 3.8) is 0 Å². The molecule has 128 valence electrons. The van der Waals surface area contributed by atoms with Crippen molar-refractivity contribution in [1.82, 2.24) is 14.5 Å². The SMILES string of the molecule is COc1ccccc1CN1CCCC(c2nccn2CC2CC2)C1. The summed E-state index contributed by atoms with van der Waals surface area (Å²) in [5.74, 6) is 3.75. The molecule has 2 fully saturated rings. The van der Waals surface area contributed by atoms with Crippen LogP contribution < -0.4 is 4.74 Å². The van der Waals surface area contributed by atoms with Crippen molar-refractivity contribution in [3.8, 4) is 5.75 Å². The van der Waals surface area contributed by atoms with Gasteiger partial charge in [0.15, 0.2) is 0 Å². The quantitative estimate of drug-likeness (QED) is 0.811. The number of hydrogen-bond acceptors (Lipinski definition) is 3. The van der Waals surface area contributed by atoms with Crippen molar-refractivity contribution < 1.29 is 4.74 Å². The summed E-state index contributed by atoms with van der Waals surface area (Å²) in [5, 5.41) is 0. The van der Waals surface area contributed by atoms with Gasteiger partial charge in [-0.1, -0.05) is 18.2 Å². The largest absolute Gasteiger partial charge is 0.496 e. The van der Waals surface area contributed by atoms with Crippen molar-refractivity contribution in [2.75, 3.05) is 20.2 Å². The van der Waals surface area contributed by atoms with Gasteiger partial charge in [0.05, 0.1) is 7.11 Å². The lowest BCUT2D eigenvalue weighted by molar-refractivity contribution is 0.192. The van der Waals surface area contributed by atoms with E-state index in [0.717, 1.165) is 31.3 Å². The van der Waals surface area contributed by atoms with Gasteiger partial charge in [-0.25, -0.2) is 4.98 Å². The highest BCUT2D eigenvalue weighted by molar-refractivity contribution is 5.33. The molecular weight excluding hydrogens is 298 g/mol. The highest BCUT2D eigenvalue weighted by Gasteiger charge is 2.28. The van der Waals surface area contributed by atoms with Crippen LogP contribution in [0.5, 0.6) is 5.75 Å². The van der Waals surface area contributed by atoms with Crippen molar-refractivity contribution in [2.45, 2.75) is 44.7 Å². The average molecular weight is 325 g/mol. The van der Waals surface area contributed by atoms with Gasteiger partial charge in [-0.15, -0.1) is 0 Å². The first-order chi connectivity index (χ1) is 11.8. The van der Waals surface area contributed by atoms with Gasteiger partial charge in [0.1, 0.15) is 11.6 Å². The molecule has 2 aliphatic rings. The number of likely N-dealkylation sites (tertiary alicyclic amines) is 1. The molecule has 0 N–H and O–H groups in total. The van der Waals surface area contributed by atoms with E-state index in [4.69, 9.17) is 9.72 Å². The summed E-state index contributed by atoms with van der Waals surface area (Å²) in [6, 6.07) is 8.37. The van der Waals surface area contributed by atoms with E-state index >= 15 is 0 Å². The Morgan fingerprint density at radius 3 is 2.92 bits per heavy atom. The Kier molecular flexibility index (Phi) is 4.56. The van der Waals surface area contributed by atoms with Gasteiger partial charge in [0.25, 0.3) is 0 Å². The van der Waals surface area contributed by atoms with Gasteiger partial charge >= 0.3 is 0 Å². The highest BCUT2D eigenvalue weighted by atomic mass is 16.5. The maximum atomic E-state index is 5.51. The fraction of sp³-hybridized carbons (Fsp3) is 0.550. The zero-order valence-electron chi connectivity index (χ0n) is 14.5. The number of methoxy groups -OCH3 is 1. The molecular formula is C20H27N3O. The maximum absolute atomic E-state index is 5.51. The molecule has 1 aliphatic heterocycles. The van der Waals surface area contributed by atoms with Gasteiger partial charge in [-0.2, -0.15) is 0 Å². The number of hydrogen-bond donors (Lipinski definition) is 0. The topological polar surface area (TPSA) is 30.3 Å². The van der Waals surface area contributed by atoms with Crippen LogP contribution in [0.4, 0.5) is 0 Å². The van der Waals surface area contributed by atoms with E-state index in [1.54, 1.807) is 7.11 Å². The number of piperidine rings is 1.